The highest BCUT2D eigenvalue weighted by Crippen LogP contribution is 2.15. The first-order valence-electron chi connectivity index (χ1n) is 5.96. The van der Waals surface area contributed by atoms with Crippen molar-refractivity contribution in [1.82, 2.24) is 9.97 Å². The van der Waals surface area contributed by atoms with E-state index >= 15 is 0 Å². The molecule has 2 rings (SSSR count). The molecule has 0 spiro atoms. The Morgan fingerprint density at radius 2 is 2.00 bits per heavy atom. The van der Waals surface area contributed by atoms with Gasteiger partial charge in [-0.3, -0.25) is 4.98 Å². The Hall–Kier alpha value is -2.10. The molecular formula is C14H18N4. The molecule has 0 atom stereocenters. The summed E-state index contributed by atoms with van der Waals surface area (Å²) in [4.78, 5) is 10.7. The molecule has 1 aromatic carbocycles. The smallest absolute Gasteiger partial charge is 0.149 e. The minimum absolute atomic E-state index is 0.782. The van der Waals surface area contributed by atoms with E-state index in [9.17, 15) is 0 Å². The fourth-order valence-corrected chi connectivity index (χ4v) is 1.78. The fraction of sp³-hybridized carbons (Fsp3) is 0.286. The lowest BCUT2D eigenvalue weighted by atomic mass is 10.1. The molecule has 0 saturated heterocycles. The van der Waals surface area contributed by atoms with E-state index in [4.69, 9.17) is 0 Å². The molecule has 0 amide bonds. The maximum atomic E-state index is 4.47. The molecule has 0 fully saturated rings. The number of nitrogens with one attached hydrogen (secondary N) is 1. The number of anilines is 2. The lowest BCUT2D eigenvalue weighted by molar-refractivity contribution is 0.884. The monoisotopic (exact) mass is 242 g/mol. The number of aryl methyl sites for hydroxylation is 1. The van der Waals surface area contributed by atoms with Crippen molar-refractivity contribution < 1.29 is 0 Å². The summed E-state index contributed by atoms with van der Waals surface area (Å²) in [6, 6.07) is 8.38. The van der Waals surface area contributed by atoms with Crippen LogP contribution in [0.3, 0.4) is 0 Å². The van der Waals surface area contributed by atoms with Gasteiger partial charge in [0, 0.05) is 20.6 Å². The summed E-state index contributed by atoms with van der Waals surface area (Å²) >= 11 is 0. The number of aromatic nitrogens is 2. The van der Waals surface area contributed by atoms with Crippen LogP contribution in [-0.2, 0) is 6.54 Å². The number of hydrogen-bond acceptors (Lipinski definition) is 4. The number of hydrogen-bond donors (Lipinski definition) is 1. The van der Waals surface area contributed by atoms with Crippen LogP contribution in [-0.4, -0.2) is 24.1 Å². The van der Waals surface area contributed by atoms with Gasteiger partial charge < -0.3 is 10.2 Å². The van der Waals surface area contributed by atoms with Crippen molar-refractivity contribution in [3.8, 4) is 0 Å². The lowest BCUT2D eigenvalue weighted by Gasteiger charge is -2.19. The lowest BCUT2D eigenvalue weighted by Crippen LogP contribution is -2.18. The van der Waals surface area contributed by atoms with Crippen molar-refractivity contribution >= 4 is 11.6 Å². The average molecular weight is 242 g/mol. The van der Waals surface area contributed by atoms with Gasteiger partial charge in [-0.2, -0.15) is 0 Å². The zero-order valence-corrected chi connectivity index (χ0v) is 11.0. The summed E-state index contributed by atoms with van der Waals surface area (Å²) in [6.07, 6.45) is 3.49. The Bertz CT molecular complexity index is 525. The van der Waals surface area contributed by atoms with E-state index in [1.54, 1.807) is 12.4 Å². The molecule has 4 nitrogen and oxygen atoms in total. The molecule has 18 heavy (non-hydrogen) atoms. The Morgan fingerprint density at radius 1 is 1.22 bits per heavy atom. The first kappa shape index (κ1) is 12.4. The minimum atomic E-state index is 0.782. The van der Waals surface area contributed by atoms with E-state index in [0.717, 1.165) is 18.2 Å². The zero-order chi connectivity index (χ0) is 13.0. The van der Waals surface area contributed by atoms with Crippen LogP contribution in [0.1, 0.15) is 11.1 Å². The second kappa shape index (κ2) is 5.49. The molecule has 0 aliphatic carbocycles. The fourth-order valence-electron chi connectivity index (χ4n) is 1.78. The molecule has 0 aliphatic rings. The molecule has 1 aromatic heterocycles. The van der Waals surface area contributed by atoms with Crippen LogP contribution in [0.2, 0.25) is 0 Å². The predicted octanol–water partition coefficient (Wildman–Crippen LogP) is 2.46. The highest BCUT2D eigenvalue weighted by molar-refractivity contribution is 5.44. The number of rotatable bonds is 4. The molecule has 0 unspecified atom stereocenters. The van der Waals surface area contributed by atoms with Gasteiger partial charge >= 0.3 is 0 Å². The van der Waals surface area contributed by atoms with E-state index in [0.29, 0.717) is 0 Å². The molecule has 0 bridgehead atoms. The molecule has 0 saturated carbocycles. The van der Waals surface area contributed by atoms with E-state index in [1.165, 1.54) is 11.1 Å². The van der Waals surface area contributed by atoms with Crippen LogP contribution < -0.4 is 10.2 Å². The van der Waals surface area contributed by atoms with Crippen LogP contribution >= 0.6 is 0 Å². The van der Waals surface area contributed by atoms with Gasteiger partial charge in [0.1, 0.15) is 11.6 Å². The van der Waals surface area contributed by atoms with E-state index in [-0.39, 0.29) is 0 Å². The van der Waals surface area contributed by atoms with Crippen molar-refractivity contribution in [2.75, 3.05) is 24.3 Å². The summed E-state index contributed by atoms with van der Waals surface area (Å²) in [6.45, 7) is 2.95. The highest BCUT2D eigenvalue weighted by Gasteiger charge is 2.06. The molecule has 1 N–H and O–H groups in total. The van der Waals surface area contributed by atoms with Gasteiger partial charge in [-0.15, -0.1) is 0 Å². The van der Waals surface area contributed by atoms with Gasteiger partial charge in [0.2, 0.25) is 0 Å². The first-order valence-corrected chi connectivity index (χ1v) is 5.96. The number of benzene rings is 1. The molecule has 94 valence electrons. The largest absolute Gasteiger partial charge is 0.372 e. The van der Waals surface area contributed by atoms with E-state index in [2.05, 4.69) is 51.4 Å². The summed E-state index contributed by atoms with van der Waals surface area (Å²) in [5.74, 6) is 1.65. The molecular weight excluding hydrogens is 224 g/mol. The second-order valence-corrected chi connectivity index (χ2v) is 4.30. The van der Waals surface area contributed by atoms with Gasteiger partial charge in [-0.25, -0.2) is 4.98 Å². The van der Waals surface area contributed by atoms with Crippen LogP contribution in [0.5, 0.6) is 0 Å². The minimum Gasteiger partial charge on any atom is -0.372 e. The van der Waals surface area contributed by atoms with Gasteiger partial charge in [-0.1, -0.05) is 24.3 Å². The van der Waals surface area contributed by atoms with Crippen molar-refractivity contribution in [2.24, 2.45) is 0 Å². The molecule has 4 heteroatoms. The number of nitrogens with zero attached hydrogens (tertiary/aromatic N) is 3. The van der Waals surface area contributed by atoms with Gasteiger partial charge in [0.15, 0.2) is 0 Å². The standard InChI is InChI=1S/C14H18N4/c1-11-6-4-5-7-12(11)10-18(3)14-9-16-8-13(15-2)17-14/h4-9H,10H2,1-3H3,(H,15,17). The normalized spacial score (nSPS) is 10.2. The average Bonchev–Trinajstić information content (AvgIpc) is 2.41. The van der Waals surface area contributed by atoms with Crippen molar-refractivity contribution in [3.05, 3.63) is 47.8 Å². The molecule has 0 radical (unpaired) electrons. The van der Waals surface area contributed by atoms with Crippen LogP contribution in [0, 0.1) is 6.92 Å². The van der Waals surface area contributed by atoms with Crippen LogP contribution in [0.15, 0.2) is 36.7 Å². The predicted molar refractivity (Wildman–Crippen MR) is 74.9 cm³/mol. The summed E-state index contributed by atoms with van der Waals surface area (Å²) in [5.41, 5.74) is 2.60. The molecule has 0 aliphatic heterocycles. The van der Waals surface area contributed by atoms with Crippen LogP contribution in [0.4, 0.5) is 11.6 Å². The van der Waals surface area contributed by atoms with Crippen LogP contribution in [0.25, 0.3) is 0 Å². The third kappa shape index (κ3) is 2.77. The van der Waals surface area contributed by atoms with Crippen molar-refractivity contribution in [1.29, 1.82) is 0 Å². The van der Waals surface area contributed by atoms with E-state index < -0.39 is 0 Å². The second-order valence-electron chi connectivity index (χ2n) is 4.30. The van der Waals surface area contributed by atoms with Gasteiger partial charge in [0.05, 0.1) is 12.4 Å². The maximum Gasteiger partial charge on any atom is 0.149 e. The van der Waals surface area contributed by atoms with Crippen molar-refractivity contribution in [2.45, 2.75) is 13.5 Å². The van der Waals surface area contributed by atoms with Gasteiger partial charge in [0.25, 0.3) is 0 Å². The Labute approximate surface area is 108 Å². The maximum absolute atomic E-state index is 4.47. The van der Waals surface area contributed by atoms with E-state index in [1.807, 2.05) is 14.1 Å². The zero-order valence-electron chi connectivity index (χ0n) is 11.0. The molecule has 1 heterocycles. The summed E-state index contributed by atoms with van der Waals surface area (Å²) in [5, 5.41) is 3.00. The Morgan fingerprint density at radius 3 is 2.72 bits per heavy atom. The quantitative estimate of drug-likeness (QED) is 0.894. The topological polar surface area (TPSA) is 41.1 Å². The third-order valence-corrected chi connectivity index (χ3v) is 2.94. The SMILES string of the molecule is CNc1cncc(N(C)Cc2ccccc2C)n1. The van der Waals surface area contributed by atoms with Gasteiger partial charge in [-0.05, 0) is 18.1 Å². The Balaban J connectivity index is 2.16. The summed E-state index contributed by atoms with van der Waals surface area (Å²) < 4.78 is 0. The molecule has 2 aromatic rings. The highest BCUT2D eigenvalue weighted by atomic mass is 15.2. The Kier molecular flexibility index (Phi) is 3.77. The van der Waals surface area contributed by atoms with Crippen molar-refractivity contribution in [3.63, 3.8) is 0 Å². The third-order valence-electron chi connectivity index (χ3n) is 2.94. The summed E-state index contributed by atoms with van der Waals surface area (Å²) in [7, 11) is 3.87. The first-order chi connectivity index (χ1) is 8.70.